The zero-order valence-corrected chi connectivity index (χ0v) is 31.3. The maximum absolute atomic E-state index is 13.4. The quantitative estimate of drug-likeness (QED) is 0.0766. The third-order valence-electron chi connectivity index (χ3n) is 8.63. The molecule has 6 rings (SSSR count). The third kappa shape index (κ3) is 8.96. The molecule has 1 aliphatic heterocycles. The minimum Gasteiger partial charge on any atom is -0.454 e. The molecule has 0 spiro atoms. The van der Waals surface area contributed by atoms with Gasteiger partial charge in [-0.2, -0.15) is 0 Å². The van der Waals surface area contributed by atoms with Gasteiger partial charge in [-0.1, -0.05) is 83.9 Å². The Morgan fingerprint density at radius 3 is 1.56 bits per heavy atom. The highest BCUT2D eigenvalue weighted by atomic mass is 35.5. The molecule has 0 saturated heterocycles. The fourth-order valence-electron chi connectivity index (χ4n) is 5.80. The van der Waals surface area contributed by atoms with E-state index >= 15 is 0 Å². The first kappa shape index (κ1) is 39.7. The van der Waals surface area contributed by atoms with Crippen LogP contribution in [0.3, 0.4) is 0 Å². The van der Waals surface area contributed by atoms with Crippen LogP contribution in [0.4, 0.5) is 11.4 Å². The molecular weight excluding hydrogens is 777 g/mol. The van der Waals surface area contributed by atoms with Gasteiger partial charge in [0.2, 0.25) is 0 Å². The fourth-order valence-corrected chi connectivity index (χ4v) is 6.15. The molecule has 1 atom stereocenters. The molecule has 1 heterocycles. The van der Waals surface area contributed by atoms with Gasteiger partial charge in [0.25, 0.3) is 23.6 Å². The number of rotatable bonds is 13. The summed E-state index contributed by atoms with van der Waals surface area (Å²) in [6.07, 6.45) is 0. The third-order valence-corrected chi connectivity index (χ3v) is 9.10. The molecule has 1 unspecified atom stereocenters. The van der Waals surface area contributed by atoms with Crippen molar-refractivity contribution in [1.29, 1.82) is 0 Å². The molecule has 0 fully saturated rings. The first-order valence-electron chi connectivity index (χ1n) is 17.1. The van der Waals surface area contributed by atoms with Crippen LogP contribution in [0.15, 0.2) is 115 Å². The SMILES string of the molecule is CC(C(=O)OCC(=O)Nc1ccc(Cl)cc1C(=O)c1ccccc1)N1C(=O)c2ccc(C(=O)OCC(=O)Nc3ccc(Cl)cc3C(=O)c3ccccc3)cc2C1=O. The number of imide groups is 1. The minimum absolute atomic E-state index is 0.100. The van der Waals surface area contributed by atoms with Crippen molar-refractivity contribution in [2.45, 2.75) is 13.0 Å². The number of halogens is 2. The van der Waals surface area contributed by atoms with Crippen LogP contribution >= 0.6 is 23.2 Å². The molecular formula is C42H29Cl2N3O10. The largest absolute Gasteiger partial charge is 0.454 e. The van der Waals surface area contributed by atoms with Crippen LogP contribution < -0.4 is 10.6 Å². The maximum atomic E-state index is 13.4. The van der Waals surface area contributed by atoms with E-state index in [1.165, 1.54) is 55.5 Å². The van der Waals surface area contributed by atoms with Crippen LogP contribution in [0, 0.1) is 0 Å². The molecule has 0 saturated carbocycles. The summed E-state index contributed by atoms with van der Waals surface area (Å²) in [5, 5.41) is 5.57. The van der Waals surface area contributed by atoms with Crippen molar-refractivity contribution in [1.82, 2.24) is 4.90 Å². The van der Waals surface area contributed by atoms with Gasteiger partial charge in [0.15, 0.2) is 24.8 Å². The second-order valence-corrected chi connectivity index (χ2v) is 13.3. The van der Waals surface area contributed by atoms with Crippen molar-refractivity contribution in [2.75, 3.05) is 23.8 Å². The molecule has 5 aromatic carbocycles. The predicted molar refractivity (Wildman–Crippen MR) is 208 cm³/mol. The van der Waals surface area contributed by atoms with Gasteiger partial charge < -0.3 is 20.1 Å². The number of carbonyl (C=O) groups is 8. The highest BCUT2D eigenvalue weighted by Gasteiger charge is 2.42. The number of nitrogens with zero attached hydrogens (tertiary/aromatic N) is 1. The van der Waals surface area contributed by atoms with E-state index in [2.05, 4.69) is 10.6 Å². The Morgan fingerprint density at radius 1 is 0.579 bits per heavy atom. The monoisotopic (exact) mass is 805 g/mol. The average Bonchev–Trinajstić information content (AvgIpc) is 3.47. The maximum Gasteiger partial charge on any atom is 0.338 e. The summed E-state index contributed by atoms with van der Waals surface area (Å²) in [5.74, 6) is -6.25. The first-order chi connectivity index (χ1) is 27.3. The number of ether oxygens (including phenoxy) is 2. The van der Waals surface area contributed by atoms with Gasteiger partial charge in [-0.15, -0.1) is 0 Å². The number of anilines is 2. The molecule has 286 valence electrons. The van der Waals surface area contributed by atoms with Crippen LogP contribution in [0.1, 0.15) is 69.8 Å². The van der Waals surface area contributed by atoms with E-state index in [9.17, 15) is 38.4 Å². The summed E-state index contributed by atoms with van der Waals surface area (Å²) in [4.78, 5) is 105. The lowest BCUT2D eigenvalue weighted by molar-refractivity contribution is -0.150. The lowest BCUT2D eigenvalue weighted by Crippen LogP contribution is -2.44. The number of ketones is 2. The minimum atomic E-state index is -1.48. The van der Waals surface area contributed by atoms with Crippen molar-refractivity contribution in [3.63, 3.8) is 0 Å². The Kier molecular flexibility index (Phi) is 12.0. The van der Waals surface area contributed by atoms with Crippen molar-refractivity contribution >= 4 is 81.7 Å². The summed E-state index contributed by atoms with van der Waals surface area (Å²) < 4.78 is 10.3. The van der Waals surface area contributed by atoms with Gasteiger partial charge in [-0.25, -0.2) is 9.59 Å². The summed E-state index contributed by atoms with van der Waals surface area (Å²) in [5.41, 5.74) is 0.693. The van der Waals surface area contributed by atoms with Crippen LogP contribution in [0.2, 0.25) is 10.0 Å². The first-order valence-corrected chi connectivity index (χ1v) is 17.8. The van der Waals surface area contributed by atoms with E-state index in [1.807, 2.05) is 0 Å². The number of esters is 2. The van der Waals surface area contributed by atoms with Crippen LogP contribution in [0.25, 0.3) is 0 Å². The van der Waals surface area contributed by atoms with Gasteiger partial charge >= 0.3 is 11.9 Å². The lowest BCUT2D eigenvalue weighted by atomic mass is 10.0. The van der Waals surface area contributed by atoms with Gasteiger partial charge in [-0.3, -0.25) is 33.7 Å². The number of carbonyl (C=O) groups excluding carboxylic acids is 8. The second kappa shape index (κ2) is 17.2. The van der Waals surface area contributed by atoms with Gasteiger partial charge in [0.1, 0.15) is 6.04 Å². The molecule has 0 aliphatic carbocycles. The Balaban J connectivity index is 1.04. The van der Waals surface area contributed by atoms with Crippen LogP contribution in [-0.4, -0.2) is 71.3 Å². The normalized spacial score (nSPS) is 12.3. The standard InChI is InChI=1S/C42H29Cl2N3O10/c1-23(41(54)56-21-35(48)45-33-16-13-27(43)19-31(33)37(50)24-8-4-2-5-9-24)47-39(52)29-15-12-26(18-30(29)40(47)53)42(55)57-22-36(49)46-34-17-14-28(44)20-32(34)38(51)25-10-6-3-7-11-25/h2-20,23H,21-22H2,1H3,(H,45,48)(H,46,49). The van der Waals surface area contributed by atoms with E-state index in [1.54, 1.807) is 60.7 Å². The van der Waals surface area contributed by atoms with E-state index in [-0.39, 0.29) is 49.2 Å². The van der Waals surface area contributed by atoms with E-state index in [0.717, 1.165) is 6.07 Å². The Morgan fingerprint density at radius 2 is 1.05 bits per heavy atom. The summed E-state index contributed by atoms with van der Waals surface area (Å²) >= 11 is 12.2. The Hall–Kier alpha value is -6.96. The van der Waals surface area contributed by atoms with Crippen LogP contribution in [-0.2, 0) is 23.9 Å². The topological polar surface area (TPSA) is 182 Å². The molecule has 13 nitrogen and oxygen atoms in total. The number of nitrogens with one attached hydrogen (secondary N) is 2. The number of fused-ring (bicyclic) bond motifs is 1. The number of hydrogen-bond donors (Lipinski definition) is 2. The zero-order valence-electron chi connectivity index (χ0n) is 29.7. The van der Waals surface area contributed by atoms with E-state index in [0.29, 0.717) is 16.0 Å². The summed E-state index contributed by atoms with van der Waals surface area (Å²) in [7, 11) is 0. The highest BCUT2D eigenvalue weighted by molar-refractivity contribution is 6.32. The van der Waals surface area contributed by atoms with Crippen molar-refractivity contribution in [3.05, 3.63) is 164 Å². The predicted octanol–water partition coefficient (Wildman–Crippen LogP) is 6.42. The molecule has 0 bridgehead atoms. The Labute approximate surface area is 334 Å². The van der Waals surface area contributed by atoms with Gasteiger partial charge in [0.05, 0.1) is 28.1 Å². The molecule has 0 radical (unpaired) electrons. The molecule has 2 N–H and O–H groups in total. The molecule has 1 aliphatic rings. The molecule has 5 aromatic rings. The van der Waals surface area contributed by atoms with Crippen LogP contribution in [0.5, 0.6) is 0 Å². The highest BCUT2D eigenvalue weighted by Crippen LogP contribution is 2.28. The average molecular weight is 807 g/mol. The number of hydrogen-bond acceptors (Lipinski definition) is 10. The van der Waals surface area contributed by atoms with E-state index in [4.69, 9.17) is 32.7 Å². The molecule has 4 amide bonds. The van der Waals surface area contributed by atoms with Crippen molar-refractivity contribution < 1.29 is 47.8 Å². The fraction of sp³-hybridized carbons (Fsp3) is 0.0952. The lowest BCUT2D eigenvalue weighted by Gasteiger charge is -2.20. The smallest absolute Gasteiger partial charge is 0.338 e. The molecule has 0 aromatic heterocycles. The summed E-state index contributed by atoms with van der Waals surface area (Å²) in [6, 6.07) is 27.3. The Bertz CT molecular complexity index is 2470. The zero-order chi connectivity index (χ0) is 40.8. The van der Waals surface area contributed by atoms with Crippen molar-refractivity contribution in [2.24, 2.45) is 0 Å². The second-order valence-electron chi connectivity index (χ2n) is 12.5. The molecule has 15 heteroatoms. The van der Waals surface area contributed by atoms with Crippen molar-refractivity contribution in [3.8, 4) is 0 Å². The number of amides is 4. The van der Waals surface area contributed by atoms with Gasteiger partial charge in [-0.05, 0) is 61.5 Å². The molecule has 57 heavy (non-hydrogen) atoms. The number of benzene rings is 5. The van der Waals surface area contributed by atoms with E-state index < -0.39 is 66.4 Å². The van der Waals surface area contributed by atoms with Gasteiger partial charge in [0, 0.05) is 32.3 Å². The summed E-state index contributed by atoms with van der Waals surface area (Å²) in [6.45, 7) is -0.360.